The Labute approximate surface area is 205 Å². The first-order chi connectivity index (χ1) is 16.7. The lowest BCUT2D eigenvalue weighted by Crippen LogP contribution is -2.29. The number of carbonyl (C=O) groups is 2. The molecular formula is C29H30FNO4. The van der Waals surface area contributed by atoms with Crippen LogP contribution in [0.1, 0.15) is 59.0 Å². The molecule has 0 radical (unpaired) electrons. The molecule has 182 valence electrons. The molecule has 3 aromatic carbocycles. The maximum atomic E-state index is 14.9. The van der Waals surface area contributed by atoms with Crippen LogP contribution in [0.5, 0.6) is 0 Å². The summed E-state index contributed by atoms with van der Waals surface area (Å²) in [5.41, 5.74) is 4.36. The number of halogens is 1. The maximum absolute atomic E-state index is 14.9. The van der Waals surface area contributed by atoms with Gasteiger partial charge in [-0.05, 0) is 86.7 Å². The molecule has 0 atom stereocenters. The lowest BCUT2D eigenvalue weighted by atomic mass is 9.96. The van der Waals surface area contributed by atoms with Gasteiger partial charge in [0.25, 0.3) is 0 Å². The fraction of sp³-hybridized carbons (Fsp3) is 0.310. The first-order valence-electron chi connectivity index (χ1n) is 11.7. The van der Waals surface area contributed by atoms with Gasteiger partial charge < -0.3 is 14.4 Å². The molecule has 0 amide bonds. The second-order valence-electron chi connectivity index (χ2n) is 9.71. The molecule has 0 saturated heterocycles. The van der Waals surface area contributed by atoms with Crippen LogP contribution in [-0.2, 0) is 22.4 Å². The molecule has 4 rings (SSSR count). The molecule has 0 aromatic heterocycles. The number of nitrogens with zero attached hydrogens (tertiary/aromatic N) is 1. The largest absolute Gasteiger partial charge is 0.465 e. The van der Waals surface area contributed by atoms with Crippen molar-refractivity contribution in [2.45, 2.75) is 45.8 Å². The number of rotatable bonds is 5. The summed E-state index contributed by atoms with van der Waals surface area (Å²) in [5.74, 6) is -1.08. The van der Waals surface area contributed by atoms with E-state index in [1.165, 1.54) is 13.2 Å². The van der Waals surface area contributed by atoms with Crippen molar-refractivity contribution in [2.75, 3.05) is 18.6 Å². The Balaban J connectivity index is 1.65. The molecule has 1 heterocycles. The van der Waals surface area contributed by atoms with E-state index in [1.807, 2.05) is 45.0 Å². The second kappa shape index (κ2) is 9.90. The minimum atomic E-state index is -0.618. The second-order valence-corrected chi connectivity index (χ2v) is 9.71. The van der Waals surface area contributed by atoms with E-state index in [4.69, 9.17) is 9.47 Å². The van der Waals surface area contributed by atoms with E-state index in [-0.39, 0.29) is 11.8 Å². The highest BCUT2D eigenvalue weighted by molar-refractivity contribution is 5.97. The van der Waals surface area contributed by atoms with Gasteiger partial charge in [-0.15, -0.1) is 0 Å². The van der Waals surface area contributed by atoms with E-state index in [0.717, 1.165) is 36.2 Å². The van der Waals surface area contributed by atoms with Gasteiger partial charge in [0.15, 0.2) is 0 Å². The number of fused-ring (bicyclic) bond motifs is 1. The van der Waals surface area contributed by atoms with Gasteiger partial charge >= 0.3 is 11.9 Å². The summed E-state index contributed by atoms with van der Waals surface area (Å²) < 4.78 is 25.4. The summed E-state index contributed by atoms with van der Waals surface area (Å²) in [6, 6.07) is 17.7. The van der Waals surface area contributed by atoms with Gasteiger partial charge in [-0.2, -0.15) is 0 Å². The third kappa shape index (κ3) is 5.53. The minimum absolute atomic E-state index is 0.304. The Morgan fingerprint density at radius 2 is 1.77 bits per heavy atom. The van der Waals surface area contributed by atoms with Crippen molar-refractivity contribution in [3.8, 4) is 11.1 Å². The van der Waals surface area contributed by atoms with Crippen LogP contribution >= 0.6 is 0 Å². The van der Waals surface area contributed by atoms with Crippen LogP contribution in [0.2, 0.25) is 0 Å². The van der Waals surface area contributed by atoms with Gasteiger partial charge in [-0.25, -0.2) is 14.0 Å². The van der Waals surface area contributed by atoms with E-state index < -0.39 is 11.6 Å². The van der Waals surface area contributed by atoms with Crippen molar-refractivity contribution in [2.24, 2.45) is 0 Å². The van der Waals surface area contributed by atoms with Crippen LogP contribution in [0.15, 0.2) is 60.7 Å². The highest BCUT2D eigenvalue weighted by atomic mass is 19.1. The third-order valence-electron chi connectivity index (χ3n) is 5.98. The van der Waals surface area contributed by atoms with Gasteiger partial charge in [0.1, 0.15) is 11.4 Å². The van der Waals surface area contributed by atoms with Crippen molar-refractivity contribution in [1.29, 1.82) is 0 Å². The van der Waals surface area contributed by atoms with Crippen LogP contribution < -0.4 is 4.90 Å². The number of esters is 2. The van der Waals surface area contributed by atoms with Crippen molar-refractivity contribution < 1.29 is 23.5 Å². The third-order valence-corrected chi connectivity index (χ3v) is 5.98. The molecule has 0 unspecified atom stereocenters. The van der Waals surface area contributed by atoms with Crippen molar-refractivity contribution in [3.63, 3.8) is 0 Å². The summed E-state index contributed by atoms with van der Waals surface area (Å²) in [4.78, 5) is 26.9. The molecule has 0 aliphatic carbocycles. The van der Waals surface area contributed by atoms with Crippen LogP contribution in [0.25, 0.3) is 11.1 Å². The van der Waals surface area contributed by atoms with Crippen LogP contribution in [-0.4, -0.2) is 31.2 Å². The summed E-state index contributed by atoms with van der Waals surface area (Å²) >= 11 is 0. The number of hydrogen-bond donors (Lipinski definition) is 0. The van der Waals surface area contributed by atoms with E-state index in [0.29, 0.717) is 28.8 Å². The first-order valence-corrected chi connectivity index (χ1v) is 11.7. The van der Waals surface area contributed by atoms with Crippen LogP contribution in [0.3, 0.4) is 0 Å². The fourth-order valence-electron chi connectivity index (χ4n) is 4.40. The zero-order valence-corrected chi connectivity index (χ0v) is 20.6. The number of anilines is 1. The zero-order valence-electron chi connectivity index (χ0n) is 20.6. The highest BCUT2D eigenvalue weighted by Crippen LogP contribution is 2.32. The smallest absolute Gasteiger partial charge is 0.339 e. The van der Waals surface area contributed by atoms with Crippen molar-refractivity contribution >= 4 is 17.6 Å². The van der Waals surface area contributed by atoms with Crippen LogP contribution in [0.4, 0.5) is 10.1 Å². The molecule has 3 aromatic rings. The van der Waals surface area contributed by atoms with Gasteiger partial charge in [0, 0.05) is 24.3 Å². The lowest BCUT2D eigenvalue weighted by molar-refractivity contribution is 0.00702. The van der Waals surface area contributed by atoms with Crippen LogP contribution in [0, 0.1) is 5.82 Å². The molecule has 35 heavy (non-hydrogen) atoms. The number of aryl methyl sites for hydroxylation is 1. The Kier molecular flexibility index (Phi) is 6.92. The molecule has 0 spiro atoms. The predicted molar refractivity (Wildman–Crippen MR) is 134 cm³/mol. The first kappa shape index (κ1) is 24.5. The number of methoxy groups -OCH3 is 1. The van der Waals surface area contributed by atoms with Gasteiger partial charge in [-0.1, -0.05) is 24.3 Å². The monoisotopic (exact) mass is 475 g/mol. The lowest BCUT2D eigenvalue weighted by Gasteiger charge is -2.32. The van der Waals surface area contributed by atoms with Gasteiger partial charge in [0.2, 0.25) is 0 Å². The number of hydrogen-bond acceptors (Lipinski definition) is 5. The van der Waals surface area contributed by atoms with E-state index in [1.54, 1.807) is 30.3 Å². The minimum Gasteiger partial charge on any atom is -0.465 e. The molecule has 0 saturated carbocycles. The normalized spacial score (nSPS) is 13.2. The number of carbonyl (C=O) groups excluding carboxylic acids is 2. The molecule has 1 aliphatic rings. The molecule has 0 fully saturated rings. The SMILES string of the molecule is COC(=O)c1ccc2c(c1)CCCN2Cc1cc(-c2ccccc2C(=O)OC(C)(C)C)ccc1F. The zero-order chi connectivity index (χ0) is 25.2. The molecule has 0 N–H and O–H groups in total. The topological polar surface area (TPSA) is 55.8 Å². The van der Waals surface area contributed by atoms with Crippen molar-refractivity contribution in [3.05, 3.63) is 88.7 Å². The Morgan fingerprint density at radius 1 is 1.00 bits per heavy atom. The van der Waals surface area contributed by atoms with Crippen molar-refractivity contribution in [1.82, 2.24) is 0 Å². The number of benzene rings is 3. The van der Waals surface area contributed by atoms with Gasteiger partial charge in [0.05, 0.1) is 18.2 Å². The summed E-state index contributed by atoms with van der Waals surface area (Å²) in [7, 11) is 1.37. The Morgan fingerprint density at radius 3 is 2.51 bits per heavy atom. The predicted octanol–water partition coefficient (Wildman–Crippen LogP) is 6.19. The summed E-state index contributed by atoms with van der Waals surface area (Å²) in [6.07, 6.45) is 1.75. The molecular weight excluding hydrogens is 445 g/mol. The van der Waals surface area contributed by atoms with E-state index >= 15 is 0 Å². The average Bonchev–Trinajstić information content (AvgIpc) is 2.83. The Bertz CT molecular complexity index is 1260. The summed E-state index contributed by atoms with van der Waals surface area (Å²) in [5, 5.41) is 0. The molecule has 0 bridgehead atoms. The Hall–Kier alpha value is -3.67. The van der Waals surface area contributed by atoms with E-state index in [2.05, 4.69) is 4.90 Å². The van der Waals surface area contributed by atoms with Gasteiger partial charge in [-0.3, -0.25) is 0 Å². The standard InChI is InChI=1S/C29H30FNO4/c1-29(2,3)35-28(33)24-10-6-5-9-23(24)19-11-13-25(30)22(16-19)18-31-15-7-8-20-17-21(27(32)34-4)12-14-26(20)31/h5-6,9-14,16-17H,7-8,15,18H2,1-4H3. The molecule has 1 aliphatic heterocycles. The average molecular weight is 476 g/mol. The van der Waals surface area contributed by atoms with E-state index in [9.17, 15) is 14.0 Å². The number of ether oxygens (including phenoxy) is 2. The highest BCUT2D eigenvalue weighted by Gasteiger charge is 2.23. The fourth-order valence-corrected chi connectivity index (χ4v) is 4.40. The quantitative estimate of drug-likeness (QED) is 0.412. The molecule has 5 nitrogen and oxygen atoms in total. The summed E-state index contributed by atoms with van der Waals surface area (Å²) in [6.45, 7) is 6.64. The maximum Gasteiger partial charge on any atom is 0.339 e. The molecule has 6 heteroatoms.